The second kappa shape index (κ2) is 8.07. The van der Waals surface area contributed by atoms with Crippen molar-refractivity contribution in [2.75, 3.05) is 26.7 Å². The zero-order chi connectivity index (χ0) is 19.5. The molecule has 2 aromatic carbocycles. The van der Waals surface area contributed by atoms with Gasteiger partial charge in [-0.25, -0.2) is 0 Å². The average molecular weight is 378 g/mol. The van der Waals surface area contributed by atoms with E-state index in [1.54, 1.807) is 7.11 Å². The Morgan fingerprint density at radius 2 is 1.93 bits per heavy atom. The fraction of sp³-hybridized carbons (Fsp3) is 0.348. The second-order valence-electron chi connectivity index (χ2n) is 7.30. The summed E-state index contributed by atoms with van der Waals surface area (Å²) in [5.74, 6) is 0.950. The third-order valence-electron chi connectivity index (χ3n) is 5.57. The fourth-order valence-corrected chi connectivity index (χ4v) is 4.00. The Morgan fingerprint density at radius 1 is 1.18 bits per heavy atom. The number of hydrogen-bond donors (Lipinski definition) is 1. The summed E-state index contributed by atoms with van der Waals surface area (Å²) >= 11 is 0. The molecule has 1 aliphatic rings. The number of amides is 1. The highest BCUT2D eigenvalue weighted by atomic mass is 16.5. The molecule has 146 valence electrons. The molecular weight excluding hydrogens is 352 g/mol. The van der Waals surface area contributed by atoms with E-state index in [0.29, 0.717) is 17.9 Å². The second-order valence-corrected chi connectivity index (χ2v) is 7.30. The van der Waals surface area contributed by atoms with Crippen molar-refractivity contribution in [1.29, 1.82) is 0 Å². The lowest BCUT2D eigenvalue weighted by Gasteiger charge is -2.28. The van der Waals surface area contributed by atoms with E-state index in [9.17, 15) is 4.79 Å². The Balaban J connectivity index is 1.54. The van der Waals surface area contributed by atoms with E-state index in [-0.39, 0.29) is 11.9 Å². The molecule has 28 heavy (non-hydrogen) atoms. The van der Waals surface area contributed by atoms with Gasteiger partial charge in [-0.05, 0) is 56.6 Å². The Bertz CT molecular complexity index is 959. The predicted molar refractivity (Wildman–Crippen MR) is 110 cm³/mol. The predicted octanol–water partition coefficient (Wildman–Crippen LogP) is 4.32. The van der Waals surface area contributed by atoms with Crippen LogP contribution in [0.4, 0.5) is 0 Å². The number of hydrogen-bond acceptors (Lipinski definition) is 4. The molecule has 0 radical (unpaired) electrons. The average Bonchev–Trinajstić information content (AvgIpc) is 3.37. The lowest BCUT2D eigenvalue weighted by atomic mass is 10.1. The summed E-state index contributed by atoms with van der Waals surface area (Å²) in [4.78, 5) is 15.3. The van der Waals surface area contributed by atoms with Crippen LogP contribution in [0.1, 0.15) is 40.6 Å². The summed E-state index contributed by atoms with van der Waals surface area (Å²) in [7, 11) is 1.63. The molecule has 5 nitrogen and oxygen atoms in total. The van der Waals surface area contributed by atoms with Crippen LogP contribution in [-0.4, -0.2) is 37.6 Å². The number of benzene rings is 2. The number of nitrogens with zero attached hydrogens (tertiary/aromatic N) is 1. The minimum atomic E-state index is -0.173. The SMILES string of the molecule is COc1ccc2oc(C(=O)NC[C@@H](c3ccccc3)N3CCCC3)c(C)c2c1. The van der Waals surface area contributed by atoms with Crippen LogP contribution in [0, 0.1) is 6.92 Å². The minimum absolute atomic E-state index is 0.173. The van der Waals surface area contributed by atoms with Crippen molar-refractivity contribution in [3.63, 3.8) is 0 Å². The third-order valence-corrected chi connectivity index (χ3v) is 5.57. The first-order chi connectivity index (χ1) is 13.7. The van der Waals surface area contributed by atoms with Crippen molar-refractivity contribution in [1.82, 2.24) is 10.2 Å². The van der Waals surface area contributed by atoms with Crippen molar-refractivity contribution in [2.24, 2.45) is 0 Å². The third kappa shape index (κ3) is 3.62. The number of nitrogens with one attached hydrogen (secondary N) is 1. The van der Waals surface area contributed by atoms with E-state index in [2.05, 4.69) is 34.5 Å². The van der Waals surface area contributed by atoms with Gasteiger partial charge in [0.15, 0.2) is 5.76 Å². The highest BCUT2D eigenvalue weighted by Gasteiger charge is 2.25. The van der Waals surface area contributed by atoms with Crippen LogP contribution in [0.25, 0.3) is 11.0 Å². The minimum Gasteiger partial charge on any atom is -0.497 e. The summed E-state index contributed by atoms with van der Waals surface area (Å²) in [6, 6.07) is 16.2. The molecule has 1 atom stereocenters. The van der Waals surface area contributed by atoms with Gasteiger partial charge in [-0.15, -0.1) is 0 Å². The van der Waals surface area contributed by atoms with E-state index < -0.39 is 0 Å². The van der Waals surface area contributed by atoms with Gasteiger partial charge in [-0.3, -0.25) is 9.69 Å². The number of furan rings is 1. The Labute approximate surface area is 165 Å². The number of ether oxygens (including phenoxy) is 1. The van der Waals surface area contributed by atoms with Gasteiger partial charge in [0.05, 0.1) is 13.2 Å². The van der Waals surface area contributed by atoms with Crippen LogP contribution in [-0.2, 0) is 0 Å². The zero-order valence-electron chi connectivity index (χ0n) is 16.4. The number of carbonyl (C=O) groups excluding carboxylic acids is 1. The molecule has 0 bridgehead atoms. The molecular formula is C23H26N2O3. The molecule has 0 saturated carbocycles. The normalized spacial score (nSPS) is 15.6. The van der Waals surface area contributed by atoms with Gasteiger partial charge in [0, 0.05) is 17.5 Å². The summed E-state index contributed by atoms with van der Waals surface area (Å²) in [5.41, 5.74) is 2.77. The van der Waals surface area contributed by atoms with Crippen LogP contribution in [0.3, 0.4) is 0 Å². The van der Waals surface area contributed by atoms with Crippen molar-refractivity contribution < 1.29 is 13.9 Å². The van der Waals surface area contributed by atoms with Crippen molar-refractivity contribution >= 4 is 16.9 Å². The number of likely N-dealkylation sites (tertiary alicyclic amines) is 1. The van der Waals surface area contributed by atoms with E-state index in [1.165, 1.54) is 18.4 Å². The molecule has 0 aliphatic carbocycles. The van der Waals surface area contributed by atoms with Gasteiger partial charge < -0.3 is 14.5 Å². The summed E-state index contributed by atoms with van der Waals surface area (Å²) in [5, 5.41) is 4.01. The van der Waals surface area contributed by atoms with Gasteiger partial charge in [0.1, 0.15) is 11.3 Å². The molecule has 0 unspecified atom stereocenters. The highest BCUT2D eigenvalue weighted by Crippen LogP contribution is 2.29. The maximum Gasteiger partial charge on any atom is 0.287 e. The topological polar surface area (TPSA) is 54.7 Å². The molecule has 2 heterocycles. The van der Waals surface area contributed by atoms with Gasteiger partial charge >= 0.3 is 0 Å². The number of carbonyl (C=O) groups is 1. The van der Waals surface area contributed by atoms with Crippen LogP contribution >= 0.6 is 0 Å². The molecule has 0 spiro atoms. The Kier molecular flexibility index (Phi) is 5.35. The first-order valence-corrected chi connectivity index (χ1v) is 9.81. The maximum absolute atomic E-state index is 12.9. The van der Waals surface area contributed by atoms with Gasteiger partial charge in [-0.1, -0.05) is 30.3 Å². The maximum atomic E-state index is 12.9. The first kappa shape index (κ1) is 18.6. The molecule has 1 fully saturated rings. The number of fused-ring (bicyclic) bond motifs is 1. The Hall–Kier alpha value is -2.79. The standard InChI is InChI=1S/C23H26N2O3/c1-16-19-14-18(27-2)10-11-21(19)28-22(16)23(26)24-15-20(25-12-6-7-13-25)17-8-4-3-5-9-17/h3-5,8-11,14,20H,6-7,12-13,15H2,1-2H3,(H,24,26)/t20-/m0/s1. The largest absolute Gasteiger partial charge is 0.497 e. The molecule has 1 aromatic heterocycles. The first-order valence-electron chi connectivity index (χ1n) is 9.81. The molecule has 1 N–H and O–H groups in total. The van der Waals surface area contributed by atoms with Gasteiger partial charge in [0.25, 0.3) is 5.91 Å². The molecule has 5 heteroatoms. The summed E-state index contributed by atoms with van der Waals surface area (Å²) < 4.78 is 11.1. The zero-order valence-corrected chi connectivity index (χ0v) is 16.4. The lowest BCUT2D eigenvalue weighted by molar-refractivity contribution is 0.0911. The van der Waals surface area contributed by atoms with E-state index in [4.69, 9.17) is 9.15 Å². The molecule has 1 saturated heterocycles. The van der Waals surface area contributed by atoms with Crippen molar-refractivity contribution in [3.05, 3.63) is 65.4 Å². The number of methoxy groups -OCH3 is 1. The van der Waals surface area contributed by atoms with E-state index >= 15 is 0 Å². The summed E-state index contributed by atoms with van der Waals surface area (Å²) in [6.07, 6.45) is 2.42. The molecule has 1 aliphatic heterocycles. The monoisotopic (exact) mass is 378 g/mol. The summed E-state index contributed by atoms with van der Waals surface area (Å²) in [6.45, 7) is 4.61. The fourth-order valence-electron chi connectivity index (χ4n) is 4.00. The van der Waals surface area contributed by atoms with Crippen molar-refractivity contribution in [3.8, 4) is 5.75 Å². The Morgan fingerprint density at radius 3 is 2.64 bits per heavy atom. The quantitative estimate of drug-likeness (QED) is 0.694. The molecule has 1 amide bonds. The number of aryl methyl sites for hydroxylation is 1. The lowest BCUT2D eigenvalue weighted by Crippen LogP contribution is -2.36. The van der Waals surface area contributed by atoms with E-state index in [1.807, 2.05) is 31.2 Å². The molecule has 4 rings (SSSR count). The van der Waals surface area contributed by atoms with Crippen LogP contribution in [0.15, 0.2) is 52.9 Å². The highest BCUT2D eigenvalue weighted by molar-refractivity contribution is 5.99. The van der Waals surface area contributed by atoms with E-state index in [0.717, 1.165) is 29.8 Å². The van der Waals surface area contributed by atoms with Gasteiger partial charge in [0.2, 0.25) is 0 Å². The smallest absolute Gasteiger partial charge is 0.287 e. The van der Waals surface area contributed by atoms with Crippen molar-refractivity contribution in [2.45, 2.75) is 25.8 Å². The van der Waals surface area contributed by atoms with Crippen LogP contribution in [0.5, 0.6) is 5.75 Å². The number of rotatable bonds is 6. The van der Waals surface area contributed by atoms with Crippen LogP contribution in [0.2, 0.25) is 0 Å². The van der Waals surface area contributed by atoms with Gasteiger partial charge in [-0.2, -0.15) is 0 Å². The van der Waals surface area contributed by atoms with Crippen LogP contribution < -0.4 is 10.1 Å². The molecule has 3 aromatic rings.